The summed E-state index contributed by atoms with van der Waals surface area (Å²) >= 11 is 0. The van der Waals surface area contributed by atoms with Crippen molar-refractivity contribution in [2.24, 2.45) is 0 Å². The minimum atomic E-state index is -0.0258. The Morgan fingerprint density at radius 3 is 2.41 bits per heavy atom. The molecule has 1 fully saturated rings. The van der Waals surface area contributed by atoms with Crippen LogP contribution in [0.5, 0.6) is 11.5 Å². The summed E-state index contributed by atoms with van der Waals surface area (Å²) in [6.07, 6.45) is 2.09. The highest BCUT2D eigenvalue weighted by atomic mass is 16.5. The molecule has 1 unspecified atom stereocenters. The fraction of sp³-hybridized carbons (Fsp3) is 0.296. The van der Waals surface area contributed by atoms with E-state index in [2.05, 4.69) is 46.6 Å². The van der Waals surface area contributed by atoms with Crippen LogP contribution in [-0.4, -0.2) is 44.2 Å². The summed E-state index contributed by atoms with van der Waals surface area (Å²) in [5.41, 5.74) is 4.26. The first-order valence-corrected chi connectivity index (χ1v) is 11.1. The van der Waals surface area contributed by atoms with Crippen LogP contribution < -0.4 is 14.8 Å². The predicted molar refractivity (Wildman–Crippen MR) is 127 cm³/mol. The summed E-state index contributed by atoms with van der Waals surface area (Å²) < 4.78 is 10.5. The number of nitrogens with one attached hydrogen (secondary N) is 1. The molecule has 0 radical (unpaired) electrons. The summed E-state index contributed by atoms with van der Waals surface area (Å²) in [6, 6.07) is 24.2. The summed E-state index contributed by atoms with van der Waals surface area (Å²) in [6.45, 7) is 2.79. The molecule has 1 aliphatic heterocycles. The number of benzene rings is 3. The third-order valence-electron chi connectivity index (χ3n) is 5.96. The molecule has 4 rings (SSSR count). The number of rotatable bonds is 7. The molecule has 1 atom stereocenters. The van der Waals surface area contributed by atoms with Gasteiger partial charge in [0.05, 0.1) is 14.2 Å². The van der Waals surface area contributed by atoms with Crippen molar-refractivity contribution in [1.82, 2.24) is 10.2 Å². The zero-order chi connectivity index (χ0) is 22.3. The van der Waals surface area contributed by atoms with Crippen molar-refractivity contribution < 1.29 is 14.3 Å². The van der Waals surface area contributed by atoms with Gasteiger partial charge in [0.25, 0.3) is 5.91 Å². The van der Waals surface area contributed by atoms with Gasteiger partial charge in [-0.15, -0.1) is 0 Å². The van der Waals surface area contributed by atoms with Crippen molar-refractivity contribution >= 4 is 5.91 Å². The Morgan fingerprint density at radius 2 is 1.69 bits per heavy atom. The molecule has 1 saturated heterocycles. The van der Waals surface area contributed by atoms with Crippen LogP contribution in [0.1, 0.15) is 28.8 Å². The van der Waals surface area contributed by atoms with Gasteiger partial charge < -0.3 is 14.8 Å². The number of nitrogens with zero attached hydrogens (tertiary/aromatic N) is 1. The molecular weight excluding hydrogens is 400 g/mol. The Balaban J connectivity index is 1.33. The molecule has 0 aromatic heterocycles. The molecule has 3 aromatic rings. The number of methoxy groups -OCH3 is 2. The number of piperidine rings is 1. The number of carbonyl (C=O) groups is 1. The van der Waals surface area contributed by atoms with Crippen molar-refractivity contribution in [3.63, 3.8) is 0 Å². The summed E-state index contributed by atoms with van der Waals surface area (Å²) in [4.78, 5) is 15.0. The highest BCUT2D eigenvalue weighted by Crippen LogP contribution is 2.25. The van der Waals surface area contributed by atoms with E-state index in [1.807, 2.05) is 24.3 Å². The van der Waals surface area contributed by atoms with Gasteiger partial charge in [0.2, 0.25) is 0 Å². The number of likely N-dealkylation sites (tertiary alicyclic amines) is 1. The lowest BCUT2D eigenvalue weighted by Gasteiger charge is -2.33. The van der Waals surface area contributed by atoms with Crippen LogP contribution in [0.3, 0.4) is 0 Å². The monoisotopic (exact) mass is 430 g/mol. The Bertz CT molecular complexity index is 1030. The average Bonchev–Trinajstić information content (AvgIpc) is 2.85. The summed E-state index contributed by atoms with van der Waals surface area (Å²) in [7, 11) is 3.31. The molecule has 1 aliphatic rings. The molecule has 5 nitrogen and oxygen atoms in total. The molecule has 1 N–H and O–H groups in total. The minimum Gasteiger partial charge on any atom is -0.497 e. The van der Waals surface area contributed by atoms with E-state index in [0.29, 0.717) is 5.56 Å². The van der Waals surface area contributed by atoms with Gasteiger partial charge in [0.15, 0.2) is 0 Å². The van der Waals surface area contributed by atoms with Crippen molar-refractivity contribution in [3.05, 3.63) is 83.9 Å². The maximum atomic E-state index is 12.6. The summed E-state index contributed by atoms with van der Waals surface area (Å²) in [5, 5.41) is 3.20. The van der Waals surface area contributed by atoms with E-state index in [0.717, 1.165) is 49.5 Å². The molecule has 32 heavy (non-hydrogen) atoms. The lowest BCUT2D eigenvalue weighted by molar-refractivity contribution is 0.0901. The van der Waals surface area contributed by atoms with Crippen molar-refractivity contribution in [2.45, 2.75) is 25.4 Å². The fourth-order valence-electron chi connectivity index (χ4n) is 4.19. The number of amides is 1. The van der Waals surface area contributed by atoms with E-state index in [4.69, 9.17) is 9.47 Å². The molecule has 0 spiro atoms. The third-order valence-corrected chi connectivity index (χ3v) is 5.96. The smallest absolute Gasteiger partial charge is 0.251 e. The van der Waals surface area contributed by atoms with E-state index in [9.17, 15) is 4.79 Å². The van der Waals surface area contributed by atoms with Gasteiger partial charge in [0.1, 0.15) is 11.5 Å². The van der Waals surface area contributed by atoms with Gasteiger partial charge in [0, 0.05) is 24.7 Å². The van der Waals surface area contributed by atoms with Crippen LogP contribution in [0.4, 0.5) is 0 Å². The Kier molecular flexibility index (Phi) is 7.07. The van der Waals surface area contributed by atoms with Crippen LogP contribution in [0, 0.1) is 0 Å². The summed E-state index contributed by atoms with van der Waals surface area (Å²) in [5.74, 6) is 1.59. The lowest BCUT2D eigenvalue weighted by Crippen LogP contribution is -2.47. The second-order valence-electron chi connectivity index (χ2n) is 8.21. The maximum Gasteiger partial charge on any atom is 0.251 e. The van der Waals surface area contributed by atoms with Gasteiger partial charge in [-0.05, 0) is 72.5 Å². The molecule has 1 amide bonds. The third kappa shape index (κ3) is 5.48. The van der Waals surface area contributed by atoms with E-state index in [-0.39, 0.29) is 11.9 Å². The number of carbonyl (C=O) groups excluding carboxylic acids is 1. The molecule has 166 valence electrons. The van der Waals surface area contributed by atoms with Crippen LogP contribution in [-0.2, 0) is 6.54 Å². The predicted octanol–water partition coefficient (Wildman–Crippen LogP) is 4.77. The van der Waals surface area contributed by atoms with Crippen LogP contribution in [0.15, 0.2) is 72.8 Å². The van der Waals surface area contributed by atoms with E-state index in [1.54, 1.807) is 26.4 Å². The zero-order valence-corrected chi connectivity index (χ0v) is 18.7. The van der Waals surface area contributed by atoms with Crippen molar-refractivity contribution in [3.8, 4) is 22.6 Å². The molecule has 0 saturated carbocycles. The standard InChI is InChI=1S/C27H30N2O3/c1-31-25-14-12-22(13-15-25)27(30)28-24-6-4-16-29(19-24)18-20-8-10-21(11-9-20)23-5-3-7-26(17-23)32-2/h3,5,7-15,17,24H,4,6,16,18-19H2,1-2H3,(H,28,30). The van der Waals surface area contributed by atoms with Gasteiger partial charge in [-0.1, -0.05) is 36.4 Å². The lowest BCUT2D eigenvalue weighted by atomic mass is 10.0. The number of ether oxygens (including phenoxy) is 2. The maximum absolute atomic E-state index is 12.6. The average molecular weight is 431 g/mol. The van der Waals surface area contributed by atoms with Gasteiger partial charge in [-0.25, -0.2) is 0 Å². The Morgan fingerprint density at radius 1 is 0.938 bits per heavy atom. The molecule has 3 aromatic carbocycles. The second-order valence-corrected chi connectivity index (χ2v) is 8.21. The SMILES string of the molecule is COc1ccc(C(=O)NC2CCCN(Cc3ccc(-c4cccc(OC)c4)cc3)C2)cc1. The quantitative estimate of drug-likeness (QED) is 0.587. The topological polar surface area (TPSA) is 50.8 Å². The first-order valence-electron chi connectivity index (χ1n) is 11.1. The second kappa shape index (κ2) is 10.3. The van der Waals surface area contributed by atoms with Gasteiger partial charge >= 0.3 is 0 Å². The van der Waals surface area contributed by atoms with Crippen LogP contribution in [0.25, 0.3) is 11.1 Å². The number of hydrogen-bond donors (Lipinski definition) is 1. The normalized spacial score (nSPS) is 16.4. The Labute approximate surface area is 190 Å². The van der Waals surface area contributed by atoms with E-state index >= 15 is 0 Å². The zero-order valence-electron chi connectivity index (χ0n) is 18.7. The Hall–Kier alpha value is -3.31. The first-order chi connectivity index (χ1) is 15.6. The minimum absolute atomic E-state index is 0.0258. The highest BCUT2D eigenvalue weighted by molar-refractivity contribution is 5.94. The van der Waals surface area contributed by atoms with Gasteiger partial charge in [-0.2, -0.15) is 0 Å². The highest BCUT2D eigenvalue weighted by Gasteiger charge is 2.22. The molecule has 0 bridgehead atoms. The molecule has 5 heteroatoms. The molecule has 0 aliphatic carbocycles. The van der Waals surface area contributed by atoms with Crippen LogP contribution >= 0.6 is 0 Å². The first kappa shape index (κ1) is 21.9. The largest absolute Gasteiger partial charge is 0.497 e. The van der Waals surface area contributed by atoms with E-state index < -0.39 is 0 Å². The molecular formula is C27H30N2O3. The fourth-order valence-corrected chi connectivity index (χ4v) is 4.19. The van der Waals surface area contributed by atoms with Gasteiger partial charge in [-0.3, -0.25) is 9.69 Å². The van der Waals surface area contributed by atoms with E-state index in [1.165, 1.54) is 11.1 Å². The van der Waals surface area contributed by atoms with Crippen molar-refractivity contribution in [2.75, 3.05) is 27.3 Å². The van der Waals surface area contributed by atoms with Crippen LogP contribution in [0.2, 0.25) is 0 Å². The number of hydrogen-bond acceptors (Lipinski definition) is 4. The van der Waals surface area contributed by atoms with Crippen molar-refractivity contribution in [1.29, 1.82) is 0 Å². The molecule has 1 heterocycles.